The molecular formula is C17H20N4O. The fourth-order valence-corrected chi connectivity index (χ4v) is 2.64. The molecule has 5 nitrogen and oxygen atoms in total. The zero-order chi connectivity index (χ0) is 15.4. The quantitative estimate of drug-likeness (QED) is 0.946. The van der Waals surface area contributed by atoms with Crippen LogP contribution >= 0.6 is 0 Å². The zero-order valence-corrected chi connectivity index (χ0v) is 12.7. The van der Waals surface area contributed by atoms with Crippen molar-refractivity contribution in [1.29, 1.82) is 0 Å². The number of amides is 1. The SMILES string of the molecule is Cc1cccc(NC(=O)c2cnc(N3CCCCC3)cn2)c1. The second-order valence-electron chi connectivity index (χ2n) is 5.63. The van der Waals surface area contributed by atoms with E-state index in [9.17, 15) is 4.79 Å². The summed E-state index contributed by atoms with van der Waals surface area (Å²) in [4.78, 5) is 23.0. The van der Waals surface area contributed by atoms with Gasteiger partial charge in [0.25, 0.3) is 5.91 Å². The number of piperidine rings is 1. The number of hydrogen-bond acceptors (Lipinski definition) is 4. The topological polar surface area (TPSA) is 58.1 Å². The summed E-state index contributed by atoms with van der Waals surface area (Å²) in [6, 6.07) is 7.69. The largest absolute Gasteiger partial charge is 0.355 e. The summed E-state index contributed by atoms with van der Waals surface area (Å²) in [6.45, 7) is 4.02. The summed E-state index contributed by atoms with van der Waals surface area (Å²) >= 11 is 0. The molecule has 0 saturated carbocycles. The molecule has 114 valence electrons. The molecule has 1 aliphatic rings. The Morgan fingerprint density at radius 3 is 2.64 bits per heavy atom. The molecule has 0 atom stereocenters. The molecule has 1 fully saturated rings. The van der Waals surface area contributed by atoms with Gasteiger partial charge in [0, 0.05) is 18.8 Å². The van der Waals surface area contributed by atoms with Gasteiger partial charge in [-0.2, -0.15) is 0 Å². The molecule has 1 aromatic heterocycles. The van der Waals surface area contributed by atoms with Gasteiger partial charge < -0.3 is 10.2 Å². The summed E-state index contributed by atoms with van der Waals surface area (Å²) in [5, 5.41) is 2.84. The minimum Gasteiger partial charge on any atom is -0.355 e. The van der Waals surface area contributed by atoms with E-state index in [4.69, 9.17) is 0 Å². The van der Waals surface area contributed by atoms with Crippen LogP contribution in [0.25, 0.3) is 0 Å². The van der Waals surface area contributed by atoms with Crippen molar-refractivity contribution in [3.63, 3.8) is 0 Å². The third-order valence-electron chi connectivity index (χ3n) is 3.83. The molecule has 0 unspecified atom stereocenters. The molecule has 1 aromatic carbocycles. The van der Waals surface area contributed by atoms with Gasteiger partial charge in [-0.05, 0) is 43.9 Å². The lowest BCUT2D eigenvalue weighted by molar-refractivity contribution is 0.102. The zero-order valence-electron chi connectivity index (χ0n) is 12.7. The van der Waals surface area contributed by atoms with Crippen molar-refractivity contribution in [3.05, 3.63) is 47.9 Å². The normalized spacial score (nSPS) is 14.7. The second kappa shape index (κ2) is 6.56. The van der Waals surface area contributed by atoms with Gasteiger partial charge in [-0.15, -0.1) is 0 Å². The number of carbonyl (C=O) groups is 1. The number of benzene rings is 1. The minimum atomic E-state index is -0.233. The predicted molar refractivity (Wildman–Crippen MR) is 87.2 cm³/mol. The lowest BCUT2D eigenvalue weighted by Crippen LogP contribution is -2.30. The number of carbonyl (C=O) groups excluding carboxylic acids is 1. The molecule has 1 amide bonds. The molecule has 3 rings (SSSR count). The Morgan fingerprint density at radius 1 is 1.14 bits per heavy atom. The second-order valence-corrected chi connectivity index (χ2v) is 5.63. The van der Waals surface area contributed by atoms with Crippen LogP contribution in [-0.4, -0.2) is 29.0 Å². The van der Waals surface area contributed by atoms with Gasteiger partial charge in [0.15, 0.2) is 0 Å². The van der Waals surface area contributed by atoms with Crippen molar-refractivity contribution in [2.24, 2.45) is 0 Å². The average molecular weight is 296 g/mol. The van der Waals surface area contributed by atoms with Crippen molar-refractivity contribution >= 4 is 17.4 Å². The van der Waals surface area contributed by atoms with Gasteiger partial charge in [0.2, 0.25) is 0 Å². The van der Waals surface area contributed by atoms with E-state index in [2.05, 4.69) is 20.2 Å². The maximum Gasteiger partial charge on any atom is 0.275 e. The molecule has 22 heavy (non-hydrogen) atoms. The van der Waals surface area contributed by atoms with Crippen LogP contribution in [0.4, 0.5) is 11.5 Å². The number of aromatic nitrogens is 2. The number of nitrogens with zero attached hydrogens (tertiary/aromatic N) is 3. The summed E-state index contributed by atoms with van der Waals surface area (Å²) in [5.41, 5.74) is 2.21. The van der Waals surface area contributed by atoms with E-state index in [1.165, 1.54) is 19.3 Å². The van der Waals surface area contributed by atoms with Crippen LogP contribution in [0.3, 0.4) is 0 Å². The van der Waals surface area contributed by atoms with Crippen molar-refractivity contribution in [2.45, 2.75) is 26.2 Å². The summed E-state index contributed by atoms with van der Waals surface area (Å²) < 4.78 is 0. The fraction of sp³-hybridized carbons (Fsp3) is 0.353. The first-order valence-electron chi connectivity index (χ1n) is 7.67. The highest BCUT2D eigenvalue weighted by Gasteiger charge is 2.14. The Hall–Kier alpha value is -2.43. The number of nitrogens with one attached hydrogen (secondary N) is 1. The number of hydrogen-bond donors (Lipinski definition) is 1. The van der Waals surface area contributed by atoms with Crippen LogP contribution in [0.15, 0.2) is 36.7 Å². The van der Waals surface area contributed by atoms with E-state index in [-0.39, 0.29) is 5.91 Å². The van der Waals surface area contributed by atoms with Crippen LogP contribution in [0.1, 0.15) is 35.3 Å². The molecular weight excluding hydrogens is 276 g/mol. The van der Waals surface area contributed by atoms with Gasteiger partial charge in [0.05, 0.1) is 12.4 Å². The fourth-order valence-electron chi connectivity index (χ4n) is 2.64. The van der Waals surface area contributed by atoms with Gasteiger partial charge >= 0.3 is 0 Å². The molecule has 0 radical (unpaired) electrons. The van der Waals surface area contributed by atoms with Crippen LogP contribution < -0.4 is 10.2 Å². The van der Waals surface area contributed by atoms with E-state index in [1.807, 2.05) is 31.2 Å². The molecule has 5 heteroatoms. The standard InChI is InChI=1S/C17H20N4O/c1-13-6-5-7-14(10-13)20-17(22)15-11-19-16(12-18-15)21-8-3-2-4-9-21/h5-7,10-12H,2-4,8-9H2,1H3,(H,20,22). The third-order valence-corrected chi connectivity index (χ3v) is 3.83. The highest BCUT2D eigenvalue weighted by atomic mass is 16.1. The molecule has 0 spiro atoms. The van der Waals surface area contributed by atoms with Gasteiger partial charge in [0.1, 0.15) is 11.5 Å². The van der Waals surface area contributed by atoms with Crippen LogP contribution in [-0.2, 0) is 0 Å². The van der Waals surface area contributed by atoms with Crippen molar-refractivity contribution < 1.29 is 4.79 Å². The maximum absolute atomic E-state index is 12.2. The predicted octanol–water partition coefficient (Wildman–Crippen LogP) is 3.03. The number of aryl methyl sites for hydroxylation is 1. The number of anilines is 2. The molecule has 1 N–H and O–H groups in total. The van der Waals surface area contributed by atoms with E-state index < -0.39 is 0 Å². The van der Waals surface area contributed by atoms with Gasteiger partial charge in [-0.3, -0.25) is 4.79 Å². The lowest BCUT2D eigenvalue weighted by Gasteiger charge is -2.27. The van der Waals surface area contributed by atoms with Crippen molar-refractivity contribution in [3.8, 4) is 0 Å². The van der Waals surface area contributed by atoms with Crippen LogP contribution in [0, 0.1) is 6.92 Å². The van der Waals surface area contributed by atoms with Crippen molar-refractivity contribution in [1.82, 2.24) is 9.97 Å². The van der Waals surface area contributed by atoms with E-state index >= 15 is 0 Å². The van der Waals surface area contributed by atoms with Crippen LogP contribution in [0.2, 0.25) is 0 Å². The molecule has 2 aromatic rings. The first-order valence-corrected chi connectivity index (χ1v) is 7.67. The minimum absolute atomic E-state index is 0.233. The first-order chi connectivity index (χ1) is 10.7. The third kappa shape index (κ3) is 3.42. The van der Waals surface area contributed by atoms with Gasteiger partial charge in [-0.25, -0.2) is 9.97 Å². The highest BCUT2D eigenvalue weighted by molar-refractivity contribution is 6.02. The first kappa shape index (κ1) is 14.5. The van der Waals surface area contributed by atoms with Gasteiger partial charge in [-0.1, -0.05) is 12.1 Å². The Balaban J connectivity index is 1.68. The highest BCUT2D eigenvalue weighted by Crippen LogP contribution is 2.16. The molecule has 1 aliphatic heterocycles. The molecule has 0 bridgehead atoms. The molecule has 2 heterocycles. The van der Waals surface area contributed by atoms with Crippen LogP contribution in [0.5, 0.6) is 0 Å². The van der Waals surface area contributed by atoms with Crippen molar-refractivity contribution in [2.75, 3.05) is 23.3 Å². The molecule has 0 aliphatic carbocycles. The maximum atomic E-state index is 12.2. The van der Waals surface area contributed by atoms with E-state index in [0.29, 0.717) is 5.69 Å². The Kier molecular flexibility index (Phi) is 4.32. The lowest BCUT2D eigenvalue weighted by atomic mass is 10.1. The summed E-state index contributed by atoms with van der Waals surface area (Å²) in [7, 11) is 0. The van der Waals surface area contributed by atoms with E-state index in [1.54, 1.807) is 12.4 Å². The van der Waals surface area contributed by atoms with E-state index in [0.717, 1.165) is 30.2 Å². The Bertz CT molecular complexity index is 648. The monoisotopic (exact) mass is 296 g/mol. The summed E-state index contributed by atoms with van der Waals surface area (Å²) in [5.74, 6) is 0.620. The Labute approximate surface area is 130 Å². The smallest absolute Gasteiger partial charge is 0.275 e. The molecule has 1 saturated heterocycles. The summed E-state index contributed by atoms with van der Waals surface area (Å²) in [6.07, 6.45) is 6.90. The average Bonchev–Trinajstić information content (AvgIpc) is 2.56. The number of rotatable bonds is 3. The Morgan fingerprint density at radius 2 is 1.95 bits per heavy atom.